The van der Waals surface area contributed by atoms with Gasteiger partial charge in [0.25, 0.3) is 0 Å². The molecule has 1 aliphatic rings. The maximum Gasteiger partial charge on any atom is 0.0966 e. The van der Waals surface area contributed by atoms with Gasteiger partial charge in [-0.05, 0) is 26.0 Å². The van der Waals surface area contributed by atoms with Crippen LogP contribution in [0.15, 0.2) is 30.7 Å². The second kappa shape index (κ2) is 4.53. The first-order chi connectivity index (χ1) is 8.74. The summed E-state index contributed by atoms with van der Waals surface area (Å²) in [5.41, 5.74) is 2.13. The number of ether oxygens (including phenoxy) is 1. The average Bonchev–Trinajstić information content (AvgIpc) is 2.37. The monoisotopic (exact) mass is 243 g/mol. The van der Waals surface area contributed by atoms with Crippen molar-refractivity contribution in [2.45, 2.75) is 26.1 Å². The Kier molecular flexibility index (Phi) is 2.88. The molecule has 3 heterocycles. The van der Waals surface area contributed by atoms with E-state index in [1.54, 1.807) is 0 Å². The van der Waals surface area contributed by atoms with Crippen molar-refractivity contribution in [2.24, 2.45) is 0 Å². The SMILES string of the molecule is CC1CN(c2cncc3cccnc23)CC(C)O1. The summed E-state index contributed by atoms with van der Waals surface area (Å²) < 4.78 is 5.77. The number of anilines is 1. The van der Waals surface area contributed by atoms with Crippen LogP contribution >= 0.6 is 0 Å². The summed E-state index contributed by atoms with van der Waals surface area (Å²) in [4.78, 5) is 11.1. The Morgan fingerprint density at radius 1 is 1.22 bits per heavy atom. The van der Waals surface area contributed by atoms with Gasteiger partial charge in [0.1, 0.15) is 0 Å². The Morgan fingerprint density at radius 3 is 2.78 bits per heavy atom. The van der Waals surface area contributed by atoms with Crippen LogP contribution in [0.25, 0.3) is 10.9 Å². The lowest BCUT2D eigenvalue weighted by Crippen LogP contribution is -2.45. The molecule has 4 nitrogen and oxygen atoms in total. The van der Waals surface area contributed by atoms with Crippen LogP contribution in [-0.4, -0.2) is 35.3 Å². The Labute approximate surface area is 107 Å². The first-order valence-corrected chi connectivity index (χ1v) is 6.33. The molecular formula is C14H17N3O. The van der Waals surface area contributed by atoms with Crippen molar-refractivity contribution in [1.82, 2.24) is 9.97 Å². The molecule has 0 radical (unpaired) electrons. The molecule has 2 atom stereocenters. The van der Waals surface area contributed by atoms with Gasteiger partial charge in [0.15, 0.2) is 0 Å². The molecule has 0 amide bonds. The minimum atomic E-state index is 0.243. The first kappa shape index (κ1) is 11.4. The average molecular weight is 243 g/mol. The van der Waals surface area contributed by atoms with Crippen LogP contribution in [0.3, 0.4) is 0 Å². The van der Waals surface area contributed by atoms with Crippen molar-refractivity contribution in [3.63, 3.8) is 0 Å². The number of pyridine rings is 2. The van der Waals surface area contributed by atoms with Crippen molar-refractivity contribution in [2.75, 3.05) is 18.0 Å². The summed E-state index contributed by atoms with van der Waals surface area (Å²) >= 11 is 0. The Hall–Kier alpha value is -1.68. The van der Waals surface area contributed by atoms with Gasteiger partial charge >= 0.3 is 0 Å². The molecule has 2 aromatic heterocycles. The Bertz CT molecular complexity index is 542. The minimum Gasteiger partial charge on any atom is -0.372 e. The largest absolute Gasteiger partial charge is 0.372 e. The van der Waals surface area contributed by atoms with E-state index in [0.29, 0.717) is 0 Å². The number of morpholine rings is 1. The third-order valence-corrected chi connectivity index (χ3v) is 3.25. The van der Waals surface area contributed by atoms with Gasteiger partial charge in [0, 0.05) is 30.9 Å². The quantitative estimate of drug-likeness (QED) is 0.770. The van der Waals surface area contributed by atoms with Crippen LogP contribution in [0.1, 0.15) is 13.8 Å². The summed E-state index contributed by atoms with van der Waals surface area (Å²) in [6.07, 6.45) is 6.08. The molecule has 0 bridgehead atoms. The number of hydrogen-bond donors (Lipinski definition) is 0. The van der Waals surface area contributed by atoms with Gasteiger partial charge in [-0.2, -0.15) is 0 Å². The second-order valence-corrected chi connectivity index (χ2v) is 4.90. The van der Waals surface area contributed by atoms with Crippen molar-refractivity contribution in [1.29, 1.82) is 0 Å². The summed E-state index contributed by atoms with van der Waals surface area (Å²) in [5.74, 6) is 0. The van der Waals surface area contributed by atoms with E-state index in [1.165, 1.54) is 0 Å². The molecular weight excluding hydrogens is 226 g/mol. The van der Waals surface area contributed by atoms with E-state index < -0.39 is 0 Å². The highest BCUT2D eigenvalue weighted by molar-refractivity contribution is 5.89. The summed E-state index contributed by atoms with van der Waals surface area (Å²) in [6.45, 7) is 5.99. The predicted molar refractivity (Wildman–Crippen MR) is 71.8 cm³/mol. The fraction of sp³-hybridized carbons (Fsp3) is 0.429. The van der Waals surface area contributed by atoms with E-state index in [9.17, 15) is 0 Å². The predicted octanol–water partition coefficient (Wildman–Crippen LogP) is 2.24. The molecule has 1 fully saturated rings. The van der Waals surface area contributed by atoms with E-state index in [0.717, 1.165) is 29.7 Å². The van der Waals surface area contributed by atoms with Gasteiger partial charge in [0.2, 0.25) is 0 Å². The smallest absolute Gasteiger partial charge is 0.0966 e. The van der Waals surface area contributed by atoms with Crippen molar-refractivity contribution in [3.8, 4) is 0 Å². The van der Waals surface area contributed by atoms with Gasteiger partial charge in [0.05, 0.1) is 29.6 Å². The van der Waals surface area contributed by atoms with Crippen molar-refractivity contribution < 1.29 is 4.74 Å². The maximum absolute atomic E-state index is 5.77. The van der Waals surface area contributed by atoms with E-state index in [4.69, 9.17) is 4.74 Å². The molecule has 0 saturated carbocycles. The third-order valence-electron chi connectivity index (χ3n) is 3.25. The standard InChI is InChI=1S/C14H17N3O/c1-10-8-17(9-11(2)18-10)13-7-15-6-12-4-3-5-16-14(12)13/h3-7,10-11H,8-9H2,1-2H3. The van der Waals surface area contributed by atoms with Crippen molar-refractivity contribution >= 4 is 16.6 Å². The molecule has 1 saturated heterocycles. The lowest BCUT2D eigenvalue weighted by atomic mass is 10.2. The molecule has 3 rings (SSSR count). The molecule has 0 aromatic carbocycles. The first-order valence-electron chi connectivity index (χ1n) is 6.33. The van der Waals surface area contributed by atoms with Gasteiger partial charge in [-0.25, -0.2) is 0 Å². The number of rotatable bonds is 1. The molecule has 0 aliphatic carbocycles. The highest BCUT2D eigenvalue weighted by atomic mass is 16.5. The molecule has 94 valence electrons. The van der Waals surface area contributed by atoms with E-state index in [-0.39, 0.29) is 12.2 Å². The van der Waals surface area contributed by atoms with Gasteiger partial charge in [-0.15, -0.1) is 0 Å². The molecule has 0 spiro atoms. The van der Waals surface area contributed by atoms with Crippen molar-refractivity contribution in [3.05, 3.63) is 30.7 Å². The van der Waals surface area contributed by atoms with Crippen LogP contribution in [0.5, 0.6) is 0 Å². The summed E-state index contributed by atoms with van der Waals surface area (Å²) in [7, 11) is 0. The minimum absolute atomic E-state index is 0.243. The fourth-order valence-corrected chi connectivity index (χ4v) is 2.59. The van der Waals surface area contributed by atoms with Crippen LogP contribution in [0.2, 0.25) is 0 Å². The number of hydrogen-bond acceptors (Lipinski definition) is 4. The van der Waals surface area contributed by atoms with E-state index in [2.05, 4.69) is 28.7 Å². The summed E-state index contributed by atoms with van der Waals surface area (Å²) in [6, 6.07) is 3.99. The highest BCUT2D eigenvalue weighted by Crippen LogP contribution is 2.26. The van der Waals surface area contributed by atoms with Gasteiger partial charge in [-0.3, -0.25) is 9.97 Å². The lowest BCUT2D eigenvalue weighted by molar-refractivity contribution is -0.00515. The molecule has 18 heavy (non-hydrogen) atoms. The zero-order valence-electron chi connectivity index (χ0n) is 10.7. The summed E-state index contributed by atoms with van der Waals surface area (Å²) in [5, 5.41) is 1.08. The van der Waals surface area contributed by atoms with Crippen LogP contribution < -0.4 is 4.90 Å². The van der Waals surface area contributed by atoms with Crippen LogP contribution in [0.4, 0.5) is 5.69 Å². The van der Waals surface area contributed by atoms with E-state index in [1.807, 2.05) is 30.7 Å². The molecule has 1 aliphatic heterocycles. The molecule has 0 N–H and O–H groups in total. The number of nitrogens with zero attached hydrogens (tertiary/aromatic N) is 3. The normalized spacial score (nSPS) is 24.4. The molecule has 2 unspecified atom stereocenters. The topological polar surface area (TPSA) is 38.2 Å². The number of fused-ring (bicyclic) bond motifs is 1. The maximum atomic E-state index is 5.77. The van der Waals surface area contributed by atoms with Gasteiger partial charge in [-0.1, -0.05) is 0 Å². The molecule has 2 aromatic rings. The highest BCUT2D eigenvalue weighted by Gasteiger charge is 2.23. The van der Waals surface area contributed by atoms with E-state index >= 15 is 0 Å². The number of aromatic nitrogens is 2. The second-order valence-electron chi connectivity index (χ2n) is 4.90. The lowest BCUT2D eigenvalue weighted by Gasteiger charge is -2.36. The molecule has 4 heteroatoms. The van der Waals surface area contributed by atoms with Crippen LogP contribution in [0, 0.1) is 0 Å². The van der Waals surface area contributed by atoms with Gasteiger partial charge < -0.3 is 9.64 Å². The zero-order chi connectivity index (χ0) is 12.5. The zero-order valence-corrected chi connectivity index (χ0v) is 10.7. The van der Waals surface area contributed by atoms with Crippen LogP contribution in [-0.2, 0) is 4.74 Å². The third kappa shape index (κ3) is 2.04. The Balaban J connectivity index is 2.03. The fourth-order valence-electron chi connectivity index (χ4n) is 2.59. The Morgan fingerprint density at radius 2 is 2.00 bits per heavy atom.